The summed E-state index contributed by atoms with van der Waals surface area (Å²) in [6.45, 7) is 5.35. The van der Waals surface area contributed by atoms with Crippen molar-refractivity contribution in [2.45, 2.75) is 32.9 Å². The van der Waals surface area contributed by atoms with Crippen LogP contribution in [-0.4, -0.2) is 23.4 Å². The number of hydrogen-bond acceptors (Lipinski definition) is 6. The third kappa shape index (κ3) is 4.97. The number of aldehydes is 1. The Morgan fingerprint density at radius 2 is 1.93 bits per heavy atom. The first-order valence-corrected chi connectivity index (χ1v) is 9.41. The van der Waals surface area contributed by atoms with Gasteiger partial charge in [0.25, 0.3) is 0 Å². The molecule has 0 aliphatic rings. The first-order valence-electron chi connectivity index (χ1n) is 9.41. The number of nitrogens with one attached hydrogen (secondary N) is 1. The summed E-state index contributed by atoms with van der Waals surface area (Å²) in [5.41, 5.74) is 7.15. The zero-order chi connectivity index (χ0) is 21.0. The Kier molecular flexibility index (Phi) is 5.94. The average Bonchev–Trinajstić information content (AvgIpc) is 2.68. The summed E-state index contributed by atoms with van der Waals surface area (Å²) < 4.78 is 5.44. The monoisotopic (exact) mass is 391 g/mol. The molecule has 2 atom stereocenters. The lowest BCUT2D eigenvalue weighted by atomic mass is 9.96. The highest BCUT2D eigenvalue weighted by Gasteiger charge is 2.25. The van der Waals surface area contributed by atoms with Gasteiger partial charge in [-0.05, 0) is 62.1 Å². The summed E-state index contributed by atoms with van der Waals surface area (Å²) in [5.74, 6) is -0.568. The molecule has 3 rings (SSSR count). The van der Waals surface area contributed by atoms with Crippen LogP contribution in [0, 0.1) is 5.41 Å². The summed E-state index contributed by atoms with van der Waals surface area (Å²) in [4.78, 5) is 28.0. The Hall–Kier alpha value is -3.25. The molecule has 1 aromatic heterocycles. The van der Waals surface area contributed by atoms with E-state index in [0.29, 0.717) is 11.3 Å². The molecule has 0 amide bonds. The fourth-order valence-electron chi connectivity index (χ4n) is 2.87. The van der Waals surface area contributed by atoms with E-state index in [9.17, 15) is 9.59 Å². The molecule has 0 aliphatic carbocycles. The molecule has 0 saturated carbocycles. The van der Waals surface area contributed by atoms with Crippen LogP contribution in [0.25, 0.3) is 10.8 Å². The topological polar surface area (TPSA) is 94.3 Å². The molecule has 2 aromatic carbocycles. The van der Waals surface area contributed by atoms with Gasteiger partial charge < -0.3 is 20.6 Å². The standard InChI is InChI=1S/C23H25N3O3/c1-23(2,3)22(28)29-19-6-4-5-16(12-19)20(14-27)21(24)26-18-8-7-17-13-25-10-9-15(17)11-18/h4-14,20-21,26H,24H2,1-3H3. The summed E-state index contributed by atoms with van der Waals surface area (Å²) in [5, 5.41) is 5.23. The molecule has 6 nitrogen and oxygen atoms in total. The second-order valence-electron chi connectivity index (χ2n) is 7.98. The number of carbonyl (C=O) groups excluding carboxylic acids is 2. The number of rotatable bonds is 6. The molecule has 0 spiro atoms. The number of ether oxygens (including phenoxy) is 1. The third-order valence-corrected chi connectivity index (χ3v) is 4.57. The number of carbonyl (C=O) groups is 2. The van der Waals surface area contributed by atoms with Gasteiger partial charge in [0.1, 0.15) is 12.0 Å². The van der Waals surface area contributed by atoms with Gasteiger partial charge in [0.2, 0.25) is 0 Å². The summed E-state index contributed by atoms with van der Waals surface area (Å²) in [6, 6.07) is 14.6. The lowest BCUT2D eigenvalue weighted by Crippen LogP contribution is -2.37. The Balaban J connectivity index is 1.78. The number of benzene rings is 2. The summed E-state index contributed by atoms with van der Waals surface area (Å²) in [6.07, 6.45) is 3.66. The van der Waals surface area contributed by atoms with Gasteiger partial charge in [-0.25, -0.2) is 0 Å². The number of nitrogens with zero attached hydrogens (tertiary/aromatic N) is 1. The number of anilines is 1. The second-order valence-corrected chi connectivity index (χ2v) is 7.98. The Bertz CT molecular complexity index is 1030. The molecule has 0 bridgehead atoms. The van der Waals surface area contributed by atoms with Crippen molar-refractivity contribution in [3.63, 3.8) is 0 Å². The van der Waals surface area contributed by atoms with Crippen molar-refractivity contribution in [3.05, 3.63) is 66.5 Å². The maximum atomic E-state index is 12.1. The molecule has 0 saturated heterocycles. The first-order chi connectivity index (χ1) is 13.8. The van der Waals surface area contributed by atoms with Crippen LogP contribution in [0.5, 0.6) is 5.75 Å². The van der Waals surface area contributed by atoms with Crippen molar-refractivity contribution < 1.29 is 14.3 Å². The maximum Gasteiger partial charge on any atom is 0.316 e. The SMILES string of the molecule is CC(C)(C)C(=O)Oc1cccc(C(C=O)C(N)Nc2ccc3cnccc3c2)c1. The van der Waals surface area contributed by atoms with Crippen molar-refractivity contribution in [2.75, 3.05) is 5.32 Å². The van der Waals surface area contributed by atoms with Gasteiger partial charge in [-0.2, -0.15) is 0 Å². The number of hydrogen-bond donors (Lipinski definition) is 2. The molecule has 1 heterocycles. The molecule has 29 heavy (non-hydrogen) atoms. The van der Waals surface area contributed by atoms with Crippen LogP contribution < -0.4 is 15.8 Å². The highest BCUT2D eigenvalue weighted by atomic mass is 16.5. The van der Waals surface area contributed by atoms with Crippen molar-refractivity contribution >= 4 is 28.7 Å². The van der Waals surface area contributed by atoms with Gasteiger partial charge >= 0.3 is 5.97 Å². The average molecular weight is 391 g/mol. The number of esters is 1. The highest BCUT2D eigenvalue weighted by molar-refractivity contribution is 5.85. The maximum absolute atomic E-state index is 12.1. The Morgan fingerprint density at radius 1 is 1.14 bits per heavy atom. The summed E-state index contributed by atoms with van der Waals surface area (Å²) in [7, 11) is 0. The van der Waals surface area contributed by atoms with E-state index in [0.717, 1.165) is 22.7 Å². The largest absolute Gasteiger partial charge is 0.426 e. The van der Waals surface area contributed by atoms with Crippen molar-refractivity contribution in [1.82, 2.24) is 4.98 Å². The van der Waals surface area contributed by atoms with Gasteiger partial charge in [0, 0.05) is 23.5 Å². The van der Waals surface area contributed by atoms with Crippen molar-refractivity contribution in [2.24, 2.45) is 11.1 Å². The minimum absolute atomic E-state index is 0.342. The van der Waals surface area contributed by atoms with E-state index in [4.69, 9.17) is 10.5 Å². The lowest BCUT2D eigenvalue weighted by molar-refractivity contribution is -0.143. The fourth-order valence-corrected chi connectivity index (χ4v) is 2.87. The predicted molar refractivity (Wildman–Crippen MR) is 114 cm³/mol. The van der Waals surface area contributed by atoms with Crippen LogP contribution in [0.1, 0.15) is 32.3 Å². The molecule has 150 valence electrons. The van der Waals surface area contributed by atoms with E-state index >= 15 is 0 Å². The van der Waals surface area contributed by atoms with Crippen molar-refractivity contribution in [3.8, 4) is 5.75 Å². The van der Waals surface area contributed by atoms with Gasteiger partial charge in [-0.1, -0.05) is 18.2 Å². The summed E-state index contributed by atoms with van der Waals surface area (Å²) >= 11 is 0. The zero-order valence-corrected chi connectivity index (χ0v) is 16.8. The first kappa shape index (κ1) is 20.5. The van der Waals surface area contributed by atoms with Gasteiger partial charge in [-0.15, -0.1) is 0 Å². The van der Waals surface area contributed by atoms with E-state index in [1.807, 2.05) is 24.3 Å². The molecule has 3 aromatic rings. The molecule has 0 radical (unpaired) electrons. The van der Waals surface area contributed by atoms with E-state index in [1.54, 1.807) is 57.4 Å². The third-order valence-electron chi connectivity index (χ3n) is 4.57. The smallest absolute Gasteiger partial charge is 0.316 e. The number of nitrogens with two attached hydrogens (primary N) is 1. The van der Waals surface area contributed by atoms with E-state index in [1.165, 1.54) is 0 Å². The van der Waals surface area contributed by atoms with Gasteiger partial charge in [0.05, 0.1) is 17.5 Å². The Morgan fingerprint density at radius 3 is 2.66 bits per heavy atom. The second kappa shape index (κ2) is 8.41. The highest BCUT2D eigenvalue weighted by Crippen LogP contribution is 2.26. The molecule has 6 heteroatoms. The quantitative estimate of drug-likeness (QED) is 0.287. The van der Waals surface area contributed by atoms with Crippen LogP contribution in [0.4, 0.5) is 5.69 Å². The molecule has 0 fully saturated rings. The van der Waals surface area contributed by atoms with E-state index in [2.05, 4.69) is 10.3 Å². The van der Waals surface area contributed by atoms with Crippen LogP contribution in [-0.2, 0) is 9.59 Å². The molecule has 0 aliphatic heterocycles. The predicted octanol–water partition coefficient (Wildman–Crippen LogP) is 3.87. The number of aromatic nitrogens is 1. The van der Waals surface area contributed by atoms with Gasteiger partial charge in [-0.3, -0.25) is 9.78 Å². The number of pyridine rings is 1. The van der Waals surface area contributed by atoms with Crippen LogP contribution in [0.3, 0.4) is 0 Å². The molecule has 2 unspecified atom stereocenters. The molecular formula is C23H25N3O3. The lowest BCUT2D eigenvalue weighted by Gasteiger charge is -2.22. The van der Waals surface area contributed by atoms with Crippen LogP contribution in [0.15, 0.2) is 60.9 Å². The van der Waals surface area contributed by atoms with Crippen molar-refractivity contribution in [1.29, 1.82) is 0 Å². The Labute approximate surface area is 170 Å². The van der Waals surface area contributed by atoms with Gasteiger partial charge in [0.15, 0.2) is 0 Å². The minimum atomic E-state index is -0.652. The van der Waals surface area contributed by atoms with Crippen LogP contribution in [0.2, 0.25) is 0 Å². The normalized spacial score (nSPS) is 13.5. The van der Waals surface area contributed by atoms with E-state index < -0.39 is 17.5 Å². The van der Waals surface area contributed by atoms with E-state index in [-0.39, 0.29) is 5.97 Å². The fraction of sp³-hybridized carbons (Fsp3) is 0.261. The van der Waals surface area contributed by atoms with Crippen LogP contribution >= 0.6 is 0 Å². The zero-order valence-electron chi connectivity index (χ0n) is 16.8. The molecular weight excluding hydrogens is 366 g/mol. The molecule has 3 N–H and O–H groups in total. The minimum Gasteiger partial charge on any atom is -0.426 e. The number of fused-ring (bicyclic) bond motifs is 1.